The second kappa shape index (κ2) is 10.8. The summed E-state index contributed by atoms with van der Waals surface area (Å²) >= 11 is 0. The molecule has 0 amide bonds. The van der Waals surface area contributed by atoms with E-state index in [2.05, 4.69) is 108 Å². The average molecular weight is 650 g/mol. The molecule has 0 radical (unpaired) electrons. The predicted molar refractivity (Wildman–Crippen MR) is 208 cm³/mol. The third-order valence-electron chi connectivity index (χ3n) is 10.1. The van der Waals surface area contributed by atoms with Gasteiger partial charge in [-0.25, -0.2) is 19.9 Å². The van der Waals surface area contributed by atoms with E-state index in [-0.39, 0.29) is 0 Å². The average Bonchev–Trinajstić information content (AvgIpc) is 3.71. The molecule has 5 nitrogen and oxygen atoms in total. The second-order valence-corrected chi connectivity index (χ2v) is 13.1. The molecule has 3 heterocycles. The summed E-state index contributed by atoms with van der Waals surface area (Å²) in [5.41, 5.74) is 14.2. The monoisotopic (exact) mass is 649 g/mol. The molecule has 51 heavy (non-hydrogen) atoms. The van der Waals surface area contributed by atoms with Gasteiger partial charge in [0.15, 0.2) is 5.82 Å². The lowest BCUT2D eigenvalue weighted by Crippen LogP contribution is -1.98. The molecule has 0 spiro atoms. The summed E-state index contributed by atoms with van der Waals surface area (Å²) in [6.45, 7) is 0. The molecule has 1 aliphatic carbocycles. The van der Waals surface area contributed by atoms with E-state index in [1.54, 1.807) is 0 Å². The van der Waals surface area contributed by atoms with Gasteiger partial charge in [0.25, 0.3) is 0 Å². The highest BCUT2D eigenvalue weighted by molar-refractivity contribution is 6.27. The van der Waals surface area contributed by atoms with Gasteiger partial charge in [0.1, 0.15) is 0 Å². The highest BCUT2D eigenvalue weighted by Gasteiger charge is 2.28. The second-order valence-electron chi connectivity index (χ2n) is 13.1. The van der Waals surface area contributed by atoms with E-state index in [0.717, 1.165) is 78.3 Å². The van der Waals surface area contributed by atoms with Crippen molar-refractivity contribution in [2.75, 3.05) is 0 Å². The number of nitrogens with zero attached hydrogens (tertiary/aromatic N) is 5. The number of aromatic nitrogens is 5. The summed E-state index contributed by atoms with van der Waals surface area (Å²) in [6, 6.07) is 57.1. The molecule has 0 saturated carbocycles. The summed E-state index contributed by atoms with van der Waals surface area (Å²) < 4.78 is 2.40. The molecule has 0 bridgehead atoms. The Labute approximate surface area is 293 Å². The molecular weight excluding hydrogens is 623 g/mol. The smallest absolute Gasteiger partial charge is 0.160 e. The highest BCUT2D eigenvalue weighted by Crippen LogP contribution is 2.50. The molecule has 0 aliphatic heterocycles. The van der Waals surface area contributed by atoms with E-state index in [0.29, 0.717) is 5.82 Å². The zero-order valence-electron chi connectivity index (χ0n) is 27.3. The van der Waals surface area contributed by atoms with Crippen molar-refractivity contribution in [3.8, 4) is 62.1 Å². The molecule has 0 atom stereocenters. The number of benzene rings is 7. The number of hydrogen-bond acceptors (Lipinski definition) is 4. The normalized spacial score (nSPS) is 11.9. The molecule has 5 heteroatoms. The summed E-state index contributed by atoms with van der Waals surface area (Å²) in [6.07, 6.45) is 0. The lowest BCUT2D eigenvalue weighted by atomic mass is 10.00. The third-order valence-corrected chi connectivity index (χ3v) is 10.1. The molecule has 0 N–H and O–H groups in total. The van der Waals surface area contributed by atoms with Crippen LogP contribution in [0.5, 0.6) is 0 Å². The lowest BCUT2D eigenvalue weighted by molar-refractivity contribution is 1.16. The fourth-order valence-corrected chi connectivity index (χ4v) is 7.83. The van der Waals surface area contributed by atoms with Gasteiger partial charge in [0, 0.05) is 55.0 Å². The zero-order chi connectivity index (χ0) is 33.5. The van der Waals surface area contributed by atoms with Crippen molar-refractivity contribution in [1.82, 2.24) is 24.5 Å². The van der Waals surface area contributed by atoms with Crippen LogP contribution in [-0.2, 0) is 0 Å². The highest BCUT2D eigenvalue weighted by atomic mass is 15.0. The topological polar surface area (TPSA) is 56.5 Å². The standard InChI is InChI=1S/C46H27N5/c1-3-13-28(14-4-1)39-27-40(29-15-5-2-6-16-29)50-46(49-39)30-17-11-18-31(25-30)51-41-24-10-7-19-32(41)35-26-36-42-33(20-12-21-34(42)45(35)51)43-44(36)48-38-23-9-8-22-37(38)47-43/h1-27H. The predicted octanol–water partition coefficient (Wildman–Crippen LogP) is 11.3. The van der Waals surface area contributed by atoms with Crippen LogP contribution in [0.25, 0.3) is 106 Å². The molecule has 7 aromatic carbocycles. The minimum Gasteiger partial charge on any atom is -0.309 e. The van der Waals surface area contributed by atoms with Gasteiger partial charge >= 0.3 is 0 Å². The van der Waals surface area contributed by atoms with E-state index in [1.807, 2.05) is 60.7 Å². The summed E-state index contributed by atoms with van der Waals surface area (Å²) in [4.78, 5) is 20.6. The molecular formula is C46H27N5. The molecule has 0 fully saturated rings. The molecule has 0 saturated heterocycles. The Morgan fingerprint density at radius 2 is 0.980 bits per heavy atom. The maximum atomic E-state index is 5.17. The SMILES string of the molecule is c1ccc(-c2cc(-c3ccccc3)nc(-c3cccc(-n4c5ccccc5c5cc6c7c(cccc7c54)-c4nc5ccccc5nc4-6)c3)n2)cc1. The first-order valence-corrected chi connectivity index (χ1v) is 17.2. The lowest BCUT2D eigenvalue weighted by Gasteiger charge is -2.13. The largest absolute Gasteiger partial charge is 0.309 e. The van der Waals surface area contributed by atoms with Gasteiger partial charge in [-0.2, -0.15) is 0 Å². The molecule has 3 aromatic heterocycles. The van der Waals surface area contributed by atoms with E-state index in [9.17, 15) is 0 Å². The maximum Gasteiger partial charge on any atom is 0.160 e. The van der Waals surface area contributed by atoms with Gasteiger partial charge in [0.05, 0.1) is 44.8 Å². The van der Waals surface area contributed by atoms with E-state index < -0.39 is 0 Å². The quantitative estimate of drug-likeness (QED) is 0.190. The van der Waals surface area contributed by atoms with Crippen LogP contribution in [0.15, 0.2) is 164 Å². The Hall–Kier alpha value is -6.98. The Kier molecular flexibility index (Phi) is 5.89. The van der Waals surface area contributed by atoms with Crippen LogP contribution in [0.3, 0.4) is 0 Å². The van der Waals surface area contributed by atoms with Crippen LogP contribution >= 0.6 is 0 Å². The van der Waals surface area contributed by atoms with Gasteiger partial charge in [-0.05, 0) is 42.5 Å². The minimum atomic E-state index is 0.685. The van der Waals surface area contributed by atoms with Crippen molar-refractivity contribution in [2.24, 2.45) is 0 Å². The van der Waals surface area contributed by atoms with Crippen molar-refractivity contribution in [3.63, 3.8) is 0 Å². The van der Waals surface area contributed by atoms with Crippen molar-refractivity contribution in [2.45, 2.75) is 0 Å². The van der Waals surface area contributed by atoms with E-state index >= 15 is 0 Å². The maximum absolute atomic E-state index is 5.17. The number of rotatable bonds is 4. The number of hydrogen-bond donors (Lipinski definition) is 0. The molecule has 236 valence electrons. The van der Waals surface area contributed by atoms with Gasteiger partial charge in [0.2, 0.25) is 0 Å². The Morgan fingerprint density at radius 1 is 0.392 bits per heavy atom. The van der Waals surface area contributed by atoms with Gasteiger partial charge in [-0.1, -0.05) is 121 Å². The van der Waals surface area contributed by atoms with Gasteiger partial charge in [-0.3, -0.25) is 0 Å². The van der Waals surface area contributed by atoms with Crippen LogP contribution in [0.2, 0.25) is 0 Å². The Morgan fingerprint density at radius 3 is 1.71 bits per heavy atom. The Balaban J connectivity index is 1.16. The van der Waals surface area contributed by atoms with Crippen LogP contribution in [0.1, 0.15) is 0 Å². The van der Waals surface area contributed by atoms with Crippen LogP contribution in [0.4, 0.5) is 0 Å². The number of para-hydroxylation sites is 3. The summed E-state index contributed by atoms with van der Waals surface area (Å²) in [7, 11) is 0. The van der Waals surface area contributed by atoms with Gasteiger partial charge in [-0.15, -0.1) is 0 Å². The first-order chi connectivity index (χ1) is 25.3. The first-order valence-electron chi connectivity index (χ1n) is 17.2. The fourth-order valence-electron chi connectivity index (χ4n) is 7.83. The zero-order valence-corrected chi connectivity index (χ0v) is 27.3. The summed E-state index contributed by atoms with van der Waals surface area (Å²) in [5.74, 6) is 0.685. The van der Waals surface area contributed by atoms with Crippen molar-refractivity contribution in [1.29, 1.82) is 0 Å². The van der Waals surface area contributed by atoms with Crippen molar-refractivity contribution in [3.05, 3.63) is 164 Å². The minimum absolute atomic E-state index is 0.685. The van der Waals surface area contributed by atoms with Gasteiger partial charge < -0.3 is 4.57 Å². The molecule has 11 rings (SSSR count). The Bertz CT molecular complexity index is 2960. The van der Waals surface area contributed by atoms with Crippen LogP contribution < -0.4 is 0 Å². The molecule has 10 aromatic rings. The fraction of sp³-hybridized carbons (Fsp3) is 0. The first kappa shape index (κ1) is 27.9. The van der Waals surface area contributed by atoms with Crippen molar-refractivity contribution < 1.29 is 0 Å². The number of fused-ring (bicyclic) bond motifs is 8. The van der Waals surface area contributed by atoms with Crippen molar-refractivity contribution >= 4 is 43.6 Å². The van der Waals surface area contributed by atoms with E-state index in [4.69, 9.17) is 19.9 Å². The van der Waals surface area contributed by atoms with E-state index in [1.165, 1.54) is 21.5 Å². The third kappa shape index (κ3) is 4.22. The van der Waals surface area contributed by atoms with Crippen LogP contribution in [0, 0.1) is 0 Å². The molecule has 0 unspecified atom stereocenters. The summed E-state index contributed by atoms with van der Waals surface area (Å²) in [5, 5.41) is 4.76. The molecule has 1 aliphatic rings. The van der Waals surface area contributed by atoms with Crippen LogP contribution in [-0.4, -0.2) is 24.5 Å².